The number of nitrogens with zero attached hydrogens (tertiary/aromatic N) is 2. The van der Waals surface area contributed by atoms with Crippen molar-refractivity contribution >= 4 is 27.3 Å². The lowest BCUT2D eigenvalue weighted by molar-refractivity contribution is -0.120. The van der Waals surface area contributed by atoms with Crippen molar-refractivity contribution in [3.8, 4) is 10.6 Å². The number of nitrogens with one attached hydrogen (secondary N) is 1. The first-order chi connectivity index (χ1) is 11.9. The minimum atomic E-state index is -3.18. The Morgan fingerprint density at radius 1 is 1.28 bits per heavy atom. The molecule has 1 amide bonds. The van der Waals surface area contributed by atoms with Crippen LogP contribution in [-0.2, 0) is 21.2 Å². The van der Waals surface area contributed by atoms with Gasteiger partial charge >= 0.3 is 0 Å². The summed E-state index contributed by atoms with van der Waals surface area (Å²) in [6.07, 6.45) is 2.01. The monoisotopic (exact) mass is 381 g/mol. The van der Waals surface area contributed by atoms with Gasteiger partial charge in [0.1, 0.15) is 5.01 Å². The molecule has 0 atom stereocenters. The van der Waals surface area contributed by atoms with E-state index >= 15 is 0 Å². The van der Waals surface area contributed by atoms with Gasteiger partial charge in [-0.1, -0.05) is 37.3 Å². The maximum Gasteiger partial charge on any atom is 0.226 e. The van der Waals surface area contributed by atoms with Crippen LogP contribution in [0.25, 0.3) is 10.6 Å². The maximum atomic E-state index is 12.0. The van der Waals surface area contributed by atoms with E-state index in [1.165, 1.54) is 21.9 Å². The van der Waals surface area contributed by atoms with E-state index in [9.17, 15) is 13.2 Å². The van der Waals surface area contributed by atoms with Crippen LogP contribution in [-0.4, -0.2) is 49.5 Å². The Hall–Kier alpha value is -1.77. The van der Waals surface area contributed by atoms with Gasteiger partial charge in [-0.2, -0.15) is 0 Å². The highest BCUT2D eigenvalue weighted by molar-refractivity contribution is 7.88. The average Bonchev–Trinajstić information content (AvgIpc) is 3.03. The van der Waals surface area contributed by atoms with Gasteiger partial charge in [0.05, 0.1) is 18.4 Å². The van der Waals surface area contributed by atoms with Gasteiger partial charge in [-0.05, 0) is 6.42 Å². The molecule has 0 bridgehead atoms. The van der Waals surface area contributed by atoms with E-state index in [-0.39, 0.29) is 12.3 Å². The fourth-order valence-corrected chi connectivity index (χ4v) is 4.13. The molecule has 25 heavy (non-hydrogen) atoms. The summed E-state index contributed by atoms with van der Waals surface area (Å²) in [5, 5.41) is 5.61. The molecule has 2 rings (SSSR count). The van der Waals surface area contributed by atoms with Crippen molar-refractivity contribution < 1.29 is 13.2 Å². The average molecular weight is 382 g/mol. The van der Waals surface area contributed by atoms with Crippen molar-refractivity contribution in [1.29, 1.82) is 0 Å². The number of sulfonamides is 1. The Morgan fingerprint density at radius 2 is 2.00 bits per heavy atom. The quantitative estimate of drug-likeness (QED) is 0.675. The van der Waals surface area contributed by atoms with Crippen molar-refractivity contribution in [2.75, 3.05) is 25.9 Å². The summed E-state index contributed by atoms with van der Waals surface area (Å²) in [6.45, 7) is 3.09. The number of carbonyl (C=O) groups excluding carboxylic acids is 1. The van der Waals surface area contributed by atoms with Crippen molar-refractivity contribution in [2.45, 2.75) is 19.8 Å². The van der Waals surface area contributed by atoms with Gasteiger partial charge < -0.3 is 5.32 Å². The van der Waals surface area contributed by atoms with Crippen LogP contribution in [0.4, 0.5) is 0 Å². The summed E-state index contributed by atoms with van der Waals surface area (Å²) in [6, 6.07) is 9.85. The summed E-state index contributed by atoms with van der Waals surface area (Å²) in [4.78, 5) is 16.5. The number of benzene rings is 1. The summed E-state index contributed by atoms with van der Waals surface area (Å²) in [5.74, 6) is -0.104. The molecular weight excluding hydrogens is 358 g/mol. The Kier molecular flexibility index (Phi) is 7.10. The third kappa shape index (κ3) is 6.22. The molecule has 8 heteroatoms. The van der Waals surface area contributed by atoms with Crippen LogP contribution in [0.5, 0.6) is 0 Å². The van der Waals surface area contributed by atoms with Gasteiger partial charge in [-0.15, -0.1) is 11.3 Å². The topological polar surface area (TPSA) is 79.4 Å². The Labute approximate surface area is 153 Å². The van der Waals surface area contributed by atoms with Gasteiger partial charge in [-0.25, -0.2) is 17.7 Å². The van der Waals surface area contributed by atoms with Gasteiger partial charge in [0.25, 0.3) is 0 Å². The molecule has 0 aliphatic rings. The number of thiazole rings is 1. The first-order valence-corrected chi connectivity index (χ1v) is 10.8. The number of aromatic nitrogens is 1. The van der Waals surface area contributed by atoms with Gasteiger partial charge in [0.2, 0.25) is 15.9 Å². The molecule has 2 aromatic rings. The fraction of sp³-hybridized carbons (Fsp3) is 0.412. The molecule has 136 valence electrons. The Bertz CT molecular complexity index is 788. The van der Waals surface area contributed by atoms with Crippen molar-refractivity contribution in [3.63, 3.8) is 0 Å². The zero-order valence-electron chi connectivity index (χ0n) is 14.4. The molecule has 0 aliphatic carbocycles. The predicted octanol–water partition coefficient (Wildman–Crippen LogP) is 2.14. The van der Waals surface area contributed by atoms with E-state index < -0.39 is 10.0 Å². The molecule has 0 unspecified atom stereocenters. The SMILES string of the molecule is CCN(CCCNC(=O)Cc1csc(-c2ccccc2)n1)S(C)(=O)=O. The Morgan fingerprint density at radius 3 is 2.64 bits per heavy atom. The zero-order valence-corrected chi connectivity index (χ0v) is 16.1. The van der Waals surface area contributed by atoms with Crippen LogP contribution >= 0.6 is 11.3 Å². The van der Waals surface area contributed by atoms with E-state index in [1.807, 2.05) is 35.7 Å². The fourth-order valence-electron chi connectivity index (χ4n) is 2.37. The van der Waals surface area contributed by atoms with E-state index in [0.29, 0.717) is 26.1 Å². The second-order valence-corrected chi connectivity index (χ2v) is 8.49. The normalized spacial score (nSPS) is 11.6. The van der Waals surface area contributed by atoms with Crippen molar-refractivity contribution in [2.24, 2.45) is 0 Å². The third-order valence-electron chi connectivity index (χ3n) is 3.64. The van der Waals surface area contributed by atoms with Crippen LogP contribution in [0.2, 0.25) is 0 Å². The summed E-state index contributed by atoms with van der Waals surface area (Å²) in [5.41, 5.74) is 1.78. The summed E-state index contributed by atoms with van der Waals surface area (Å²) in [7, 11) is -3.18. The summed E-state index contributed by atoms with van der Waals surface area (Å²) >= 11 is 1.52. The molecule has 6 nitrogen and oxygen atoms in total. The van der Waals surface area contributed by atoms with E-state index in [1.54, 1.807) is 6.92 Å². The largest absolute Gasteiger partial charge is 0.356 e. The van der Waals surface area contributed by atoms with Crippen molar-refractivity contribution in [3.05, 3.63) is 41.4 Å². The minimum Gasteiger partial charge on any atom is -0.356 e. The highest BCUT2D eigenvalue weighted by atomic mass is 32.2. The van der Waals surface area contributed by atoms with Crippen molar-refractivity contribution in [1.82, 2.24) is 14.6 Å². The maximum absolute atomic E-state index is 12.0. The van der Waals surface area contributed by atoms with Crippen LogP contribution in [0.15, 0.2) is 35.7 Å². The second kappa shape index (κ2) is 9.07. The molecule has 1 aromatic heterocycles. The highest BCUT2D eigenvalue weighted by Crippen LogP contribution is 2.23. The number of rotatable bonds is 9. The second-order valence-electron chi connectivity index (χ2n) is 5.64. The summed E-state index contributed by atoms with van der Waals surface area (Å²) < 4.78 is 24.4. The van der Waals surface area contributed by atoms with Gasteiger partial charge in [0, 0.05) is 30.6 Å². The van der Waals surface area contributed by atoms with Crippen LogP contribution < -0.4 is 5.32 Å². The van der Waals surface area contributed by atoms with Gasteiger partial charge in [0.15, 0.2) is 0 Å². The third-order valence-corrected chi connectivity index (χ3v) is 5.96. The van der Waals surface area contributed by atoms with Gasteiger partial charge in [-0.3, -0.25) is 4.79 Å². The lowest BCUT2D eigenvalue weighted by atomic mass is 10.2. The lowest BCUT2D eigenvalue weighted by Gasteiger charge is -2.17. The van der Waals surface area contributed by atoms with Crippen LogP contribution in [0, 0.1) is 0 Å². The molecule has 1 N–H and O–H groups in total. The molecule has 0 aliphatic heterocycles. The molecule has 0 saturated heterocycles. The van der Waals surface area contributed by atoms with E-state index in [4.69, 9.17) is 0 Å². The molecule has 1 aromatic carbocycles. The molecule has 0 spiro atoms. The first kappa shape index (κ1) is 19.6. The molecule has 1 heterocycles. The number of carbonyl (C=O) groups is 1. The molecule has 0 fully saturated rings. The van der Waals surface area contributed by atoms with E-state index in [2.05, 4.69) is 10.3 Å². The zero-order chi connectivity index (χ0) is 18.3. The lowest BCUT2D eigenvalue weighted by Crippen LogP contribution is -2.33. The molecule has 0 radical (unpaired) electrons. The Balaban J connectivity index is 1.77. The minimum absolute atomic E-state index is 0.104. The number of amides is 1. The molecular formula is C17H23N3O3S2. The highest BCUT2D eigenvalue weighted by Gasteiger charge is 2.14. The number of hydrogen-bond acceptors (Lipinski definition) is 5. The number of hydrogen-bond donors (Lipinski definition) is 1. The standard InChI is InChI=1S/C17H23N3O3S2/c1-3-20(25(2,22)23)11-7-10-18-16(21)12-15-13-24-17(19-15)14-8-5-4-6-9-14/h4-6,8-9,13H,3,7,10-12H2,1-2H3,(H,18,21). The van der Waals surface area contributed by atoms with Crippen LogP contribution in [0.3, 0.4) is 0 Å². The molecule has 0 saturated carbocycles. The van der Waals surface area contributed by atoms with Crippen LogP contribution in [0.1, 0.15) is 19.0 Å². The predicted molar refractivity (Wildman–Crippen MR) is 101 cm³/mol. The first-order valence-electron chi connectivity index (χ1n) is 8.11. The van der Waals surface area contributed by atoms with E-state index in [0.717, 1.165) is 16.3 Å². The smallest absolute Gasteiger partial charge is 0.226 e.